The highest BCUT2D eigenvalue weighted by Gasteiger charge is 2.37. The molecule has 0 saturated carbocycles. The van der Waals surface area contributed by atoms with E-state index < -0.39 is 10.2 Å². The Labute approximate surface area is 86.0 Å². The van der Waals surface area contributed by atoms with Crippen LogP contribution in [0.25, 0.3) is 0 Å². The number of nitrogens with two attached hydrogens (primary N) is 1. The van der Waals surface area contributed by atoms with Gasteiger partial charge in [-0.3, -0.25) is 0 Å². The Morgan fingerprint density at radius 1 is 1.50 bits per heavy atom. The highest BCUT2D eigenvalue weighted by atomic mass is 32.2. The van der Waals surface area contributed by atoms with Crippen LogP contribution in [-0.4, -0.2) is 49.8 Å². The SMILES string of the molecule is CC(C)N(C)S(=O)(=O)N1CC(CN)C1. The van der Waals surface area contributed by atoms with Crippen molar-refractivity contribution >= 4 is 10.2 Å². The molecule has 14 heavy (non-hydrogen) atoms. The monoisotopic (exact) mass is 221 g/mol. The molecular formula is C8H19N3O2S. The van der Waals surface area contributed by atoms with Crippen LogP contribution in [-0.2, 0) is 10.2 Å². The van der Waals surface area contributed by atoms with Crippen molar-refractivity contribution in [2.24, 2.45) is 11.7 Å². The smallest absolute Gasteiger partial charge is 0.281 e. The van der Waals surface area contributed by atoms with Gasteiger partial charge in [-0.05, 0) is 26.3 Å². The molecule has 0 unspecified atom stereocenters. The van der Waals surface area contributed by atoms with Gasteiger partial charge in [-0.15, -0.1) is 0 Å². The number of nitrogens with zero attached hydrogens (tertiary/aromatic N) is 2. The maximum absolute atomic E-state index is 11.8. The van der Waals surface area contributed by atoms with E-state index in [1.807, 2.05) is 13.8 Å². The zero-order chi connectivity index (χ0) is 10.9. The molecule has 0 spiro atoms. The van der Waals surface area contributed by atoms with Gasteiger partial charge in [0, 0.05) is 26.2 Å². The first-order valence-corrected chi connectivity index (χ1v) is 6.22. The van der Waals surface area contributed by atoms with Gasteiger partial charge >= 0.3 is 0 Å². The van der Waals surface area contributed by atoms with Gasteiger partial charge in [-0.1, -0.05) is 0 Å². The summed E-state index contributed by atoms with van der Waals surface area (Å²) in [6.45, 7) is 5.42. The molecule has 0 bridgehead atoms. The molecule has 1 aliphatic heterocycles. The molecule has 0 atom stereocenters. The van der Waals surface area contributed by atoms with Crippen molar-refractivity contribution in [2.45, 2.75) is 19.9 Å². The van der Waals surface area contributed by atoms with Crippen molar-refractivity contribution in [2.75, 3.05) is 26.7 Å². The van der Waals surface area contributed by atoms with Crippen LogP contribution in [0.15, 0.2) is 0 Å². The molecule has 0 aromatic heterocycles. The summed E-state index contributed by atoms with van der Waals surface area (Å²) in [6, 6.07) is -0.00285. The quantitative estimate of drug-likeness (QED) is 0.693. The molecule has 84 valence electrons. The molecule has 1 rings (SSSR count). The van der Waals surface area contributed by atoms with Crippen LogP contribution in [0.1, 0.15) is 13.8 Å². The van der Waals surface area contributed by atoms with Gasteiger partial charge in [-0.2, -0.15) is 17.0 Å². The van der Waals surface area contributed by atoms with E-state index in [4.69, 9.17) is 5.73 Å². The van der Waals surface area contributed by atoms with Crippen LogP contribution >= 0.6 is 0 Å². The summed E-state index contributed by atoms with van der Waals surface area (Å²) in [4.78, 5) is 0. The summed E-state index contributed by atoms with van der Waals surface area (Å²) >= 11 is 0. The zero-order valence-electron chi connectivity index (χ0n) is 8.97. The summed E-state index contributed by atoms with van der Waals surface area (Å²) in [5.41, 5.74) is 5.44. The fourth-order valence-electron chi connectivity index (χ4n) is 1.31. The van der Waals surface area contributed by atoms with Crippen LogP contribution in [0.2, 0.25) is 0 Å². The van der Waals surface area contributed by atoms with Gasteiger partial charge < -0.3 is 5.73 Å². The molecule has 2 N–H and O–H groups in total. The van der Waals surface area contributed by atoms with Gasteiger partial charge in [0.25, 0.3) is 10.2 Å². The minimum atomic E-state index is -3.23. The van der Waals surface area contributed by atoms with E-state index in [-0.39, 0.29) is 6.04 Å². The van der Waals surface area contributed by atoms with Gasteiger partial charge in [0.15, 0.2) is 0 Å². The minimum absolute atomic E-state index is 0.00285. The predicted octanol–water partition coefficient (Wildman–Crippen LogP) is -0.538. The van der Waals surface area contributed by atoms with Crippen molar-refractivity contribution in [1.82, 2.24) is 8.61 Å². The third-order valence-electron chi connectivity index (χ3n) is 2.67. The first-order chi connectivity index (χ1) is 6.39. The van der Waals surface area contributed by atoms with Crippen LogP contribution in [0.4, 0.5) is 0 Å². The normalized spacial score (nSPS) is 20.4. The third-order valence-corrected chi connectivity index (χ3v) is 4.77. The van der Waals surface area contributed by atoms with Gasteiger partial charge in [0.2, 0.25) is 0 Å². The maximum Gasteiger partial charge on any atom is 0.281 e. The van der Waals surface area contributed by atoms with E-state index in [9.17, 15) is 8.42 Å². The maximum atomic E-state index is 11.8. The van der Waals surface area contributed by atoms with E-state index in [2.05, 4.69) is 0 Å². The van der Waals surface area contributed by atoms with E-state index in [1.54, 1.807) is 7.05 Å². The lowest BCUT2D eigenvalue weighted by Gasteiger charge is -2.40. The molecule has 0 aromatic carbocycles. The van der Waals surface area contributed by atoms with Crippen LogP contribution in [0, 0.1) is 5.92 Å². The Balaban J connectivity index is 2.60. The molecule has 5 nitrogen and oxygen atoms in total. The molecule has 0 radical (unpaired) electrons. The van der Waals surface area contributed by atoms with Crippen LogP contribution in [0.5, 0.6) is 0 Å². The average Bonchev–Trinajstić information content (AvgIpc) is 2.00. The molecule has 0 aromatic rings. The van der Waals surface area contributed by atoms with Gasteiger partial charge in [0.1, 0.15) is 0 Å². The van der Waals surface area contributed by atoms with E-state index >= 15 is 0 Å². The van der Waals surface area contributed by atoms with Crippen molar-refractivity contribution in [1.29, 1.82) is 0 Å². The summed E-state index contributed by atoms with van der Waals surface area (Å²) in [5, 5.41) is 0. The Morgan fingerprint density at radius 2 is 2.00 bits per heavy atom. The van der Waals surface area contributed by atoms with Crippen molar-refractivity contribution in [3.05, 3.63) is 0 Å². The minimum Gasteiger partial charge on any atom is -0.330 e. The topological polar surface area (TPSA) is 66.6 Å². The first kappa shape index (κ1) is 11.9. The Morgan fingerprint density at radius 3 is 2.36 bits per heavy atom. The summed E-state index contributed by atoms with van der Waals surface area (Å²) in [5.74, 6) is 0.338. The van der Waals surface area contributed by atoms with E-state index in [0.717, 1.165) is 0 Å². The van der Waals surface area contributed by atoms with Crippen LogP contribution in [0.3, 0.4) is 0 Å². The fourth-order valence-corrected chi connectivity index (χ4v) is 3.00. The predicted molar refractivity (Wildman–Crippen MR) is 55.9 cm³/mol. The second-order valence-electron chi connectivity index (χ2n) is 4.04. The third kappa shape index (κ3) is 2.08. The second kappa shape index (κ2) is 4.14. The second-order valence-corrected chi connectivity index (χ2v) is 6.02. The number of hydrogen-bond donors (Lipinski definition) is 1. The lowest BCUT2D eigenvalue weighted by molar-refractivity contribution is 0.190. The van der Waals surface area contributed by atoms with Gasteiger partial charge in [0.05, 0.1) is 0 Å². The first-order valence-electron chi connectivity index (χ1n) is 4.82. The Bertz CT molecular complexity index is 283. The largest absolute Gasteiger partial charge is 0.330 e. The molecule has 1 saturated heterocycles. The van der Waals surface area contributed by atoms with Crippen molar-refractivity contribution in [3.8, 4) is 0 Å². The van der Waals surface area contributed by atoms with Crippen molar-refractivity contribution in [3.63, 3.8) is 0 Å². The number of hydrogen-bond acceptors (Lipinski definition) is 3. The lowest BCUT2D eigenvalue weighted by Crippen LogP contribution is -2.57. The number of rotatable bonds is 4. The molecule has 6 heteroatoms. The molecule has 0 aliphatic carbocycles. The lowest BCUT2D eigenvalue weighted by atomic mass is 10.0. The van der Waals surface area contributed by atoms with E-state index in [1.165, 1.54) is 8.61 Å². The fraction of sp³-hybridized carbons (Fsp3) is 1.00. The van der Waals surface area contributed by atoms with Crippen LogP contribution < -0.4 is 5.73 Å². The summed E-state index contributed by atoms with van der Waals surface area (Å²) in [7, 11) is -1.63. The standard InChI is InChI=1S/C8H19N3O2S/c1-7(2)10(3)14(12,13)11-5-8(4-9)6-11/h7-8H,4-6,9H2,1-3H3. The van der Waals surface area contributed by atoms with Crippen molar-refractivity contribution < 1.29 is 8.42 Å². The Kier molecular flexibility index (Phi) is 3.52. The molecule has 1 aliphatic rings. The molecule has 1 heterocycles. The molecule has 1 fully saturated rings. The Hall–Kier alpha value is -0.170. The highest BCUT2D eigenvalue weighted by Crippen LogP contribution is 2.21. The van der Waals surface area contributed by atoms with Gasteiger partial charge in [-0.25, -0.2) is 0 Å². The summed E-state index contributed by atoms with van der Waals surface area (Å²) in [6.07, 6.45) is 0. The zero-order valence-corrected chi connectivity index (χ0v) is 9.79. The van der Waals surface area contributed by atoms with E-state index in [0.29, 0.717) is 25.6 Å². The molecular weight excluding hydrogens is 202 g/mol. The average molecular weight is 221 g/mol. The highest BCUT2D eigenvalue weighted by molar-refractivity contribution is 7.86. The molecule has 0 amide bonds. The summed E-state index contributed by atoms with van der Waals surface area (Å²) < 4.78 is 26.5.